The number of hydrogen-bond acceptors (Lipinski definition) is 5. The number of hydroxylamine groups is 2. The summed E-state index contributed by atoms with van der Waals surface area (Å²) in [5.41, 5.74) is 1.15. The molecule has 2 heterocycles. The lowest BCUT2D eigenvalue weighted by atomic mass is 10.2. The van der Waals surface area contributed by atoms with E-state index in [4.69, 9.17) is 16.4 Å². The summed E-state index contributed by atoms with van der Waals surface area (Å²) in [5, 5.41) is 5.88. The average molecular weight is 339 g/mol. The van der Waals surface area contributed by atoms with Gasteiger partial charge in [-0.3, -0.25) is 9.63 Å². The van der Waals surface area contributed by atoms with Crippen LogP contribution in [0.25, 0.3) is 0 Å². The SMILES string of the molecule is O=C(CON1CCNCC1)N1CCN(c2ccc(Cl)cc2)CC1. The van der Waals surface area contributed by atoms with Crippen molar-refractivity contribution < 1.29 is 9.63 Å². The van der Waals surface area contributed by atoms with E-state index < -0.39 is 0 Å². The lowest BCUT2D eigenvalue weighted by Gasteiger charge is -2.36. The molecule has 0 saturated carbocycles. The van der Waals surface area contributed by atoms with E-state index in [1.54, 1.807) is 0 Å². The third-order valence-corrected chi connectivity index (χ3v) is 4.52. The smallest absolute Gasteiger partial charge is 0.250 e. The first-order chi connectivity index (χ1) is 11.2. The van der Waals surface area contributed by atoms with Crippen molar-refractivity contribution in [1.29, 1.82) is 0 Å². The van der Waals surface area contributed by atoms with Crippen molar-refractivity contribution in [2.75, 3.05) is 63.9 Å². The fourth-order valence-corrected chi connectivity index (χ4v) is 3.00. The van der Waals surface area contributed by atoms with Crippen molar-refractivity contribution >= 4 is 23.2 Å². The number of benzene rings is 1. The van der Waals surface area contributed by atoms with Crippen LogP contribution in [-0.2, 0) is 9.63 Å². The highest BCUT2D eigenvalue weighted by atomic mass is 35.5. The number of carbonyl (C=O) groups is 1. The van der Waals surface area contributed by atoms with Crippen LogP contribution >= 0.6 is 11.6 Å². The van der Waals surface area contributed by atoms with Crippen LogP contribution in [0.1, 0.15) is 0 Å². The molecule has 0 atom stereocenters. The highest BCUT2D eigenvalue weighted by Crippen LogP contribution is 2.19. The van der Waals surface area contributed by atoms with Crippen LogP contribution < -0.4 is 10.2 Å². The van der Waals surface area contributed by atoms with E-state index in [0.717, 1.165) is 63.1 Å². The Kier molecular flexibility index (Phi) is 5.72. The molecule has 2 saturated heterocycles. The van der Waals surface area contributed by atoms with Crippen LogP contribution in [0.4, 0.5) is 5.69 Å². The monoisotopic (exact) mass is 338 g/mol. The molecule has 126 valence electrons. The Labute approximate surface area is 141 Å². The van der Waals surface area contributed by atoms with Gasteiger partial charge in [-0.1, -0.05) is 11.6 Å². The van der Waals surface area contributed by atoms with Crippen molar-refractivity contribution in [2.24, 2.45) is 0 Å². The highest BCUT2D eigenvalue weighted by Gasteiger charge is 2.22. The van der Waals surface area contributed by atoms with Gasteiger partial charge in [0.2, 0.25) is 0 Å². The largest absolute Gasteiger partial charge is 0.368 e. The molecule has 0 bridgehead atoms. The van der Waals surface area contributed by atoms with Gasteiger partial charge in [-0.15, -0.1) is 0 Å². The molecule has 0 unspecified atom stereocenters. The molecule has 6 nitrogen and oxygen atoms in total. The quantitative estimate of drug-likeness (QED) is 0.881. The number of nitrogens with zero attached hydrogens (tertiary/aromatic N) is 3. The summed E-state index contributed by atoms with van der Waals surface area (Å²) in [5.74, 6) is 0.0688. The second kappa shape index (κ2) is 7.97. The van der Waals surface area contributed by atoms with Crippen LogP contribution in [0.2, 0.25) is 5.02 Å². The summed E-state index contributed by atoms with van der Waals surface area (Å²) in [6.45, 7) is 6.75. The molecule has 1 N–H and O–H groups in total. The number of piperazine rings is 2. The van der Waals surface area contributed by atoms with Gasteiger partial charge in [-0.05, 0) is 24.3 Å². The fraction of sp³-hybridized carbons (Fsp3) is 0.562. The maximum atomic E-state index is 12.3. The minimum atomic E-state index is 0.0688. The van der Waals surface area contributed by atoms with Gasteiger partial charge in [0.25, 0.3) is 5.91 Å². The highest BCUT2D eigenvalue weighted by molar-refractivity contribution is 6.30. The predicted octanol–water partition coefficient (Wildman–Crippen LogP) is 0.825. The first-order valence-electron chi connectivity index (χ1n) is 8.09. The second-order valence-corrected chi connectivity index (χ2v) is 6.23. The molecule has 2 fully saturated rings. The van der Waals surface area contributed by atoms with Gasteiger partial charge in [-0.25, -0.2) is 0 Å². The van der Waals surface area contributed by atoms with Crippen molar-refractivity contribution in [3.63, 3.8) is 0 Å². The predicted molar refractivity (Wildman–Crippen MR) is 90.6 cm³/mol. The fourth-order valence-electron chi connectivity index (χ4n) is 2.88. The van der Waals surface area contributed by atoms with Crippen LogP contribution in [0.5, 0.6) is 0 Å². The number of hydrogen-bond donors (Lipinski definition) is 1. The van der Waals surface area contributed by atoms with E-state index in [0.29, 0.717) is 0 Å². The number of halogens is 1. The minimum Gasteiger partial charge on any atom is -0.368 e. The van der Waals surface area contributed by atoms with E-state index in [2.05, 4.69) is 10.2 Å². The zero-order valence-corrected chi connectivity index (χ0v) is 14.0. The maximum Gasteiger partial charge on any atom is 0.250 e. The van der Waals surface area contributed by atoms with Gasteiger partial charge >= 0.3 is 0 Å². The Morgan fingerprint density at radius 1 is 1.04 bits per heavy atom. The van der Waals surface area contributed by atoms with E-state index in [-0.39, 0.29) is 12.5 Å². The maximum absolute atomic E-state index is 12.3. The van der Waals surface area contributed by atoms with Crippen molar-refractivity contribution in [1.82, 2.24) is 15.3 Å². The molecule has 0 aliphatic carbocycles. The Morgan fingerprint density at radius 2 is 1.70 bits per heavy atom. The normalized spacial score (nSPS) is 19.9. The topological polar surface area (TPSA) is 48.1 Å². The van der Waals surface area contributed by atoms with Gasteiger partial charge in [0.15, 0.2) is 0 Å². The van der Waals surface area contributed by atoms with Crippen molar-refractivity contribution in [2.45, 2.75) is 0 Å². The number of amides is 1. The molecule has 2 aliphatic rings. The van der Waals surface area contributed by atoms with Crippen LogP contribution in [-0.4, -0.2) is 74.8 Å². The molecule has 1 aromatic rings. The first-order valence-corrected chi connectivity index (χ1v) is 8.47. The summed E-state index contributed by atoms with van der Waals surface area (Å²) < 4.78 is 0. The van der Waals surface area contributed by atoms with E-state index in [1.807, 2.05) is 34.2 Å². The van der Waals surface area contributed by atoms with Crippen LogP contribution in [0, 0.1) is 0 Å². The van der Waals surface area contributed by atoms with Crippen LogP contribution in [0.15, 0.2) is 24.3 Å². The molecule has 3 rings (SSSR count). The number of rotatable bonds is 4. The van der Waals surface area contributed by atoms with Crippen molar-refractivity contribution in [3.05, 3.63) is 29.3 Å². The number of nitrogens with one attached hydrogen (secondary N) is 1. The first kappa shape index (κ1) is 16.5. The van der Waals surface area contributed by atoms with Gasteiger partial charge in [0.05, 0.1) is 0 Å². The van der Waals surface area contributed by atoms with Crippen molar-refractivity contribution in [3.8, 4) is 0 Å². The molecular formula is C16H23ClN4O2. The zero-order chi connectivity index (χ0) is 16.1. The Bertz CT molecular complexity index is 511. The second-order valence-electron chi connectivity index (χ2n) is 5.80. The van der Waals surface area contributed by atoms with Gasteiger partial charge in [0, 0.05) is 63.1 Å². The summed E-state index contributed by atoms with van der Waals surface area (Å²) in [7, 11) is 0. The molecule has 0 radical (unpaired) electrons. The third-order valence-electron chi connectivity index (χ3n) is 4.27. The summed E-state index contributed by atoms with van der Waals surface area (Å²) in [4.78, 5) is 22.0. The Balaban J connectivity index is 1.42. The van der Waals surface area contributed by atoms with E-state index in [9.17, 15) is 4.79 Å². The molecule has 23 heavy (non-hydrogen) atoms. The number of carbonyl (C=O) groups excluding carboxylic acids is 1. The Morgan fingerprint density at radius 3 is 2.35 bits per heavy atom. The van der Waals surface area contributed by atoms with Gasteiger partial charge in [0.1, 0.15) is 6.61 Å². The molecule has 0 aromatic heterocycles. The molecule has 7 heteroatoms. The van der Waals surface area contributed by atoms with Gasteiger partial charge < -0.3 is 15.1 Å². The average Bonchev–Trinajstić information content (AvgIpc) is 2.61. The Hall–Kier alpha value is -1.34. The molecule has 1 aromatic carbocycles. The number of anilines is 1. The van der Waals surface area contributed by atoms with Gasteiger partial charge in [-0.2, -0.15) is 5.06 Å². The summed E-state index contributed by atoms with van der Waals surface area (Å²) >= 11 is 5.92. The lowest BCUT2D eigenvalue weighted by molar-refractivity contribution is -0.180. The summed E-state index contributed by atoms with van der Waals surface area (Å²) in [6, 6.07) is 7.84. The third kappa shape index (κ3) is 4.57. The molecule has 0 spiro atoms. The standard InChI is InChI=1S/C16H23ClN4O2/c17-14-1-3-15(4-2-14)19-9-11-20(12-10-19)16(22)13-23-21-7-5-18-6-8-21/h1-4,18H,5-13H2. The summed E-state index contributed by atoms with van der Waals surface area (Å²) in [6.07, 6.45) is 0. The van der Waals surface area contributed by atoms with E-state index in [1.165, 1.54) is 0 Å². The zero-order valence-electron chi connectivity index (χ0n) is 13.2. The minimum absolute atomic E-state index is 0.0688. The van der Waals surface area contributed by atoms with E-state index >= 15 is 0 Å². The lowest BCUT2D eigenvalue weighted by Crippen LogP contribution is -2.51. The van der Waals surface area contributed by atoms with Crippen LogP contribution in [0.3, 0.4) is 0 Å². The molecular weight excluding hydrogens is 316 g/mol. The molecule has 1 amide bonds. The molecule has 2 aliphatic heterocycles.